The fourth-order valence-corrected chi connectivity index (χ4v) is 2.52. The molecular weight excluding hydrogens is 226 g/mol. The maximum atomic E-state index is 11.4. The van der Waals surface area contributed by atoms with E-state index in [0.717, 1.165) is 0 Å². The van der Waals surface area contributed by atoms with Crippen LogP contribution in [0.3, 0.4) is 0 Å². The number of hydrogen-bond acceptors (Lipinski definition) is 2. The Hall–Kier alpha value is -1.81. The van der Waals surface area contributed by atoms with E-state index in [0.29, 0.717) is 6.54 Å². The van der Waals surface area contributed by atoms with Crippen molar-refractivity contribution in [2.45, 2.75) is 19.0 Å². The molecule has 0 bridgehead atoms. The van der Waals surface area contributed by atoms with Crippen molar-refractivity contribution >= 4 is 16.8 Å². The number of carbonyl (C=O) groups is 1. The summed E-state index contributed by atoms with van der Waals surface area (Å²) in [5, 5.41) is 7.50. The third kappa shape index (κ3) is 1.78. The number of rotatable bonds is 1. The quantitative estimate of drug-likeness (QED) is 0.793. The molecule has 0 radical (unpaired) electrons. The number of nitrogens with one attached hydrogen (secondary N) is 2. The van der Waals surface area contributed by atoms with E-state index in [2.05, 4.69) is 45.7 Å². The van der Waals surface area contributed by atoms with Crippen molar-refractivity contribution in [2.75, 3.05) is 6.54 Å². The van der Waals surface area contributed by atoms with E-state index in [-0.39, 0.29) is 18.0 Å². The summed E-state index contributed by atoms with van der Waals surface area (Å²) in [4.78, 5) is 11.4. The van der Waals surface area contributed by atoms with Gasteiger partial charge in [-0.25, -0.2) is 0 Å². The SMILES string of the molecule is CC1NC(c2ccc3c(ccn3C)c2)CNC1=O. The maximum absolute atomic E-state index is 11.4. The first-order valence-electron chi connectivity index (χ1n) is 6.24. The minimum atomic E-state index is -0.129. The number of fused-ring (bicyclic) bond motifs is 1. The highest BCUT2D eigenvalue weighted by Gasteiger charge is 2.24. The molecule has 2 unspecified atom stereocenters. The van der Waals surface area contributed by atoms with Gasteiger partial charge in [-0.1, -0.05) is 6.07 Å². The van der Waals surface area contributed by atoms with Crippen LogP contribution in [0, 0.1) is 0 Å². The number of aromatic nitrogens is 1. The standard InChI is InChI=1S/C14H17N3O/c1-9-14(18)15-8-12(16-9)10-3-4-13-11(7-10)5-6-17(13)2/h3-7,9,12,16H,8H2,1-2H3,(H,15,18). The number of nitrogens with zero attached hydrogens (tertiary/aromatic N) is 1. The van der Waals surface area contributed by atoms with Crippen molar-refractivity contribution in [1.82, 2.24) is 15.2 Å². The largest absolute Gasteiger partial charge is 0.353 e. The van der Waals surface area contributed by atoms with Crippen LogP contribution in [0.5, 0.6) is 0 Å². The fraction of sp³-hybridized carbons (Fsp3) is 0.357. The molecule has 1 aliphatic rings. The topological polar surface area (TPSA) is 46.1 Å². The van der Waals surface area contributed by atoms with Gasteiger partial charge >= 0.3 is 0 Å². The summed E-state index contributed by atoms with van der Waals surface area (Å²) in [6, 6.07) is 8.64. The number of benzene rings is 1. The molecule has 1 saturated heterocycles. The summed E-state index contributed by atoms with van der Waals surface area (Å²) < 4.78 is 2.11. The summed E-state index contributed by atoms with van der Waals surface area (Å²) >= 11 is 0. The van der Waals surface area contributed by atoms with E-state index in [4.69, 9.17) is 0 Å². The predicted octanol–water partition coefficient (Wildman–Crippen LogP) is 1.33. The Morgan fingerprint density at radius 2 is 2.17 bits per heavy atom. The molecule has 4 nitrogen and oxygen atoms in total. The Balaban J connectivity index is 1.92. The molecule has 2 aromatic rings. The first-order valence-corrected chi connectivity index (χ1v) is 6.24. The van der Waals surface area contributed by atoms with Gasteiger partial charge in [0.25, 0.3) is 0 Å². The molecule has 2 atom stereocenters. The van der Waals surface area contributed by atoms with Gasteiger partial charge in [-0.15, -0.1) is 0 Å². The summed E-state index contributed by atoms with van der Waals surface area (Å²) in [5.41, 5.74) is 2.45. The molecule has 18 heavy (non-hydrogen) atoms. The molecule has 3 rings (SSSR count). The number of carbonyl (C=O) groups excluding carboxylic acids is 1. The number of amides is 1. The number of hydrogen-bond donors (Lipinski definition) is 2. The van der Waals surface area contributed by atoms with Gasteiger partial charge in [0.2, 0.25) is 5.91 Å². The van der Waals surface area contributed by atoms with Crippen molar-refractivity contribution in [3.63, 3.8) is 0 Å². The Morgan fingerprint density at radius 3 is 2.94 bits per heavy atom. The summed E-state index contributed by atoms with van der Waals surface area (Å²) in [6.07, 6.45) is 2.06. The molecule has 0 aliphatic carbocycles. The average molecular weight is 243 g/mol. The molecular formula is C14H17N3O. The van der Waals surface area contributed by atoms with Crippen molar-refractivity contribution in [3.05, 3.63) is 36.0 Å². The Labute approximate surface area is 106 Å². The van der Waals surface area contributed by atoms with E-state index < -0.39 is 0 Å². The van der Waals surface area contributed by atoms with Crippen LogP contribution in [0.25, 0.3) is 10.9 Å². The fourth-order valence-electron chi connectivity index (χ4n) is 2.52. The number of aryl methyl sites for hydroxylation is 1. The van der Waals surface area contributed by atoms with E-state index in [9.17, 15) is 4.79 Å². The van der Waals surface area contributed by atoms with Gasteiger partial charge in [0, 0.05) is 25.3 Å². The molecule has 1 amide bonds. The van der Waals surface area contributed by atoms with E-state index in [1.165, 1.54) is 16.5 Å². The van der Waals surface area contributed by atoms with Crippen LogP contribution < -0.4 is 10.6 Å². The smallest absolute Gasteiger partial charge is 0.236 e. The van der Waals surface area contributed by atoms with Crippen LogP contribution in [0.4, 0.5) is 0 Å². The van der Waals surface area contributed by atoms with Crippen molar-refractivity contribution < 1.29 is 4.79 Å². The molecule has 0 saturated carbocycles. The third-order valence-corrected chi connectivity index (χ3v) is 3.64. The lowest BCUT2D eigenvalue weighted by Gasteiger charge is -2.29. The van der Waals surface area contributed by atoms with E-state index in [1.807, 2.05) is 14.0 Å². The molecule has 94 valence electrons. The number of piperazine rings is 1. The molecule has 1 aromatic carbocycles. The average Bonchev–Trinajstić information content (AvgIpc) is 2.74. The van der Waals surface area contributed by atoms with Crippen molar-refractivity contribution in [1.29, 1.82) is 0 Å². The summed E-state index contributed by atoms with van der Waals surface area (Å²) in [7, 11) is 2.04. The Bertz CT molecular complexity index is 602. The zero-order valence-corrected chi connectivity index (χ0v) is 10.6. The monoisotopic (exact) mass is 243 g/mol. The molecule has 0 spiro atoms. The van der Waals surface area contributed by atoms with Gasteiger partial charge in [-0.3, -0.25) is 10.1 Å². The van der Waals surface area contributed by atoms with Gasteiger partial charge in [-0.2, -0.15) is 0 Å². The highest BCUT2D eigenvalue weighted by atomic mass is 16.2. The normalized spacial score (nSPS) is 24.2. The van der Waals surface area contributed by atoms with Crippen LogP contribution in [0.15, 0.2) is 30.5 Å². The van der Waals surface area contributed by atoms with Gasteiger partial charge in [0.15, 0.2) is 0 Å². The molecule has 2 heterocycles. The zero-order valence-electron chi connectivity index (χ0n) is 10.6. The molecule has 1 aliphatic heterocycles. The van der Waals surface area contributed by atoms with Crippen LogP contribution in [-0.2, 0) is 11.8 Å². The van der Waals surface area contributed by atoms with Gasteiger partial charge in [0.05, 0.1) is 12.1 Å². The van der Waals surface area contributed by atoms with E-state index in [1.54, 1.807) is 0 Å². The van der Waals surface area contributed by atoms with Gasteiger partial charge < -0.3 is 9.88 Å². The minimum absolute atomic E-state index is 0.0760. The highest BCUT2D eigenvalue weighted by molar-refractivity contribution is 5.83. The molecule has 4 heteroatoms. The minimum Gasteiger partial charge on any atom is -0.353 e. The van der Waals surface area contributed by atoms with Gasteiger partial charge in [0.1, 0.15) is 0 Å². The molecule has 1 aromatic heterocycles. The molecule has 1 fully saturated rings. The highest BCUT2D eigenvalue weighted by Crippen LogP contribution is 2.22. The lowest BCUT2D eigenvalue weighted by atomic mass is 10.0. The second-order valence-corrected chi connectivity index (χ2v) is 4.93. The van der Waals surface area contributed by atoms with Crippen molar-refractivity contribution in [3.8, 4) is 0 Å². The third-order valence-electron chi connectivity index (χ3n) is 3.64. The first kappa shape index (κ1) is 11.3. The first-order chi connectivity index (χ1) is 8.65. The predicted molar refractivity (Wildman–Crippen MR) is 71.3 cm³/mol. The zero-order chi connectivity index (χ0) is 12.7. The lowest BCUT2D eigenvalue weighted by molar-refractivity contribution is -0.124. The van der Waals surface area contributed by atoms with E-state index >= 15 is 0 Å². The Morgan fingerprint density at radius 1 is 1.33 bits per heavy atom. The molecule has 2 N–H and O–H groups in total. The second-order valence-electron chi connectivity index (χ2n) is 4.93. The lowest BCUT2D eigenvalue weighted by Crippen LogP contribution is -2.52. The second kappa shape index (κ2) is 4.14. The Kier molecular flexibility index (Phi) is 2.59. The van der Waals surface area contributed by atoms with Gasteiger partial charge in [-0.05, 0) is 36.1 Å². The van der Waals surface area contributed by atoms with Crippen molar-refractivity contribution in [2.24, 2.45) is 7.05 Å². The summed E-state index contributed by atoms with van der Waals surface area (Å²) in [6.45, 7) is 2.55. The van der Waals surface area contributed by atoms with Crippen LogP contribution in [0.2, 0.25) is 0 Å². The van der Waals surface area contributed by atoms with Crippen LogP contribution in [0.1, 0.15) is 18.5 Å². The van der Waals surface area contributed by atoms with Crippen LogP contribution in [-0.4, -0.2) is 23.1 Å². The van der Waals surface area contributed by atoms with Crippen LogP contribution >= 0.6 is 0 Å². The maximum Gasteiger partial charge on any atom is 0.236 e. The summed E-state index contributed by atoms with van der Waals surface area (Å²) in [5.74, 6) is 0.0760.